The zero-order valence-corrected chi connectivity index (χ0v) is 6.09. The van der Waals surface area contributed by atoms with Crippen LogP contribution in [0.25, 0.3) is 0 Å². The van der Waals surface area contributed by atoms with Gasteiger partial charge < -0.3 is 10.2 Å². The van der Waals surface area contributed by atoms with E-state index in [4.69, 9.17) is 0 Å². The topological polar surface area (TPSA) is 46.1 Å². The van der Waals surface area contributed by atoms with Crippen molar-refractivity contribution in [2.24, 2.45) is 0 Å². The Bertz CT molecular complexity index is 37.0. The summed E-state index contributed by atoms with van der Waals surface area (Å²) in [4.78, 5) is 0. The van der Waals surface area contributed by atoms with E-state index in [1.54, 1.807) is 0 Å². The van der Waals surface area contributed by atoms with Crippen LogP contribution in [0.4, 0.5) is 0 Å². The highest BCUT2D eigenvalue weighted by atomic mass is 33.1. The highest BCUT2D eigenvalue weighted by Crippen LogP contribution is 2.18. The van der Waals surface area contributed by atoms with Crippen LogP contribution in [-0.2, 0) is 0 Å². The molecule has 0 aromatic rings. The third-order valence-corrected chi connectivity index (χ3v) is 2.75. The van der Waals surface area contributed by atoms with E-state index in [9.17, 15) is 10.2 Å². The summed E-state index contributed by atoms with van der Waals surface area (Å²) in [5.41, 5.74) is 0. The molecule has 0 aromatic heterocycles. The number of hydrogen-bond acceptors (Lipinski definition) is 4. The van der Waals surface area contributed by atoms with Crippen LogP contribution in [0.15, 0.2) is 0 Å². The minimum Gasteiger partial charge on any atom is -0.854 e. The molecule has 0 heterocycles. The van der Waals surface area contributed by atoms with Gasteiger partial charge in [0.15, 0.2) is 0 Å². The third-order valence-electron chi connectivity index (χ3n) is 0.417. The van der Waals surface area contributed by atoms with Crippen molar-refractivity contribution in [1.29, 1.82) is 0 Å². The lowest BCUT2D eigenvalue weighted by molar-refractivity contribution is -0.360. The molecule has 0 aromatic carbocycles. The van der Waals surface area contributed by atoms with E-state index in [1.165, 1.54) is 21.6 Å². The van der Waals surface area contributed by atoms with Gasteiger partial charge in [0, 0.05) is 0 Å². The van der Waals surface area contributed by atoms with Gasteiger partial charge in [-0.3, -0.25) is 0 Å². The second kappa shape index (κ2) is 7.62. The predicted molar refractivity (Wildman–Crippen MR) is 34.6 cm³/mol. The van der Waals surface area contributed by atoms with Crippen LogP contribution in [0.5, 0.6) is 0 Å². The molecule has 50 valence electrons. The minimum atomic E-state index is -0.0451. The summed E-state index contributed by atoms with van der Waals surface area (Å²) in [6.45, 7) is -0.0902. The Morgan fingerprint density at radius 3 is 1.50 bits per heavy atom. The fourth-order valence-electron chi connectivity index (χ4n) is 0.186. The quantitative estimate of drug-likeness (QED) is 0.378. The van der Waals surface area contributed by atoms with Crippen molar-refractivity contribution in [3.63, 3.8) is 0 Å². The minimum absolute atomic E-state index is 0.0451. The van der Waals surface area contributed by atoms with Crippen LogP contribution in [0.1, 0.15) is 0 Å². The van der Waals surface area contributed by atoms with E-state index in [-0.39, 0.29) is 13.2 Å². The highest BCUT2D eigenvalue weighted by Gasteiger charge is 1.79. The van der Waals surface area contributed by atoms with Gasteiger partial charge in [0.05, 0.1) is 0 Å². The maximum Gasteiger partial charge on any atom is -0.0117 e. The van der Waals surface area contributed by atoms with E-state index in [1.807, 2.05) is 0 Å². The summed E-state index contributed by atoms with van der Waals surface area (Å²) in [6, 6.07) is 0. The van der Waals surface area contributed by atoms with Gasteiger partial charge in [-0.2, -0.15) is 0 Å². The Labute approximate surface area is 57.1 Å². The Morgan fingerprint density at radius 2 is 1.25 bits per heavy atom. The van der Waals surface area contributed by atoms with Crippen molar-refractivity contribution in [2.45, 2.75) is 0 Å². The molecule has 0 saturated carbocycles. The molecule has 0 aliphatic carbocycles. The van der Waals surface area contributed by atoms with Gasteiger partial charge >= 0.3 is 0 Å². The average molecular weight is 152 g/mol. The smallest absolute Gasteiger partial charge is 0.0117 e. The SMILES string of the molecule is [O-]CCSSCC[O-]. The molecule has 2 nitrogen and oxygen atoms in total. The van der Waals surface area contributed by atoms with Gasteiger partial charge in [0.2, 0.25) is 0 Å². The van der Waals surface area contributed by atoms with Gasteiger partial charge in [-0.05, 0) is 11.5 Å². The molecule has 0 unspecified atom stereocenters. The molecular formula is C4H8O2S2-2. The molecular weight excluding hydrogens is 144 g/mol. The van der Waals surface area contributed by atoms with Gasteiger partial charge in [0.1, 0.15) is 0 Å². The Balaban J connectivity index is 2.53. The molecule has 0 atom stereocenters. The van der Waals surface area contributed by atoms with E-state index in [0.717, 1.165) is 0 Å². The molecule has 0 aliphatic rings. The summed E-state index contributed by atoms with van der Waals surface area (Å²) >= 11 is 0. The molecule has 0 fully saturated rings. The van der Waals surface area contributed by atoms with Crippen LogP contribution in [0.2, 0.25) is 0 Å². The van der Waals surface area contributed by atoms with Crippen molar-refractivity contribution < 1.29 is 10.2 Å². The van der Waals surface area contributed by atoms with E-state index in [0.29, 0.717) is 11.5 Å². The van der Waals surface area contributed by atoms with Gasteiger partial charge in [-0.15, -0.1) is 13.2 Å². The first-order valence-corrected chi connectivity index (χ1v) is 4.81. The second-order valence-electron chi connectivity index (χ2n) is 1.05. The number of hydrogen-bond donors (Lipinski definition) is 0. The zero-order chi connectivity index (χ0) is 6.24. The Kier molecular flexibility index (Phi) is 8.21. The summed E-state index contributed by atoms with van der Waals surface area (Å²) in [5, 5.41) is 19.6. The van der Waals surface area contributed by atoms with E-state index < -0.39 is 0 Å². The molecule has 8 heavy (non-hydrogen) atoms. The first-order valence-electron chi connectivity index (χ1n) is 2.32. The second-order valence-corrected chi connectivity index (χ2v) is 3.75. The monoisotopic (exact) mass is 152 g/mol. The van der Waals surface area contributed by atoms with Gasteiger partial charge in [-0.1, -0.05) is 21.6 Å². The van der Waals surface area contributed by atoms with Crippen molar-refractivity contribution in [1.82, 2.24) is 0 Å². The van der Waals surface area contributed by atoms with Crippen LogP contribution < -0.4 is 10.2 Å². The lowest BCUT2D eigenvalue weighted by Crippen LogP contribution is -2.08. The molecule has 0 amide bonds. The molecule has 0 aliphatic heterocycles. The normalized spacial score (nSPS) is 9.75. The molecule has 0 N–H and O–H groups in total. The number of rotatable bonds is 5. The van der Waals surface area contributed by atoms with E-state index >= 15 is 0 Å². The lowest BCUT2D eigenvalue weighted by atomic mass is 10.9. The summed E-state index contributed by atoms with van der Waals surface area (Å²) in [5.74, 6) is 1.23. The Hall–Kier alpha value is 0.620. The van der Waals surface area contributed by atoms with Crippen LogP contribution >= 0.6 is 21.6 Å². The van der Waals surface area contributed by atoms with Crippen LogP contribution in [0.3, 0.4) is 0 Å². The summed E-state index contributed by atoms with van der Waals surface area (Å²) in [7, 11) is 2.96. The molecule has 0 spiro atoms. The molecule has 0 radical (unpaired) electrons. The average Bonchev–Trinajstić information content (AvgIpc) is 1.81. The van der Waals surface area contributed by atoms with Crippen LogP contribution in [0, 0.1) is 0 Å². The third kappa shape index (κ3) is 6.62. The maximum absolute atomic E-state index is 9.78. The molecule has 4 heteroatoms. The van der Waals surface area contributed by atoms with Crippen LogP contribution in [-0.4, -0.2) is 24.7 Å². The first-order chi connectivity index (χ1) is 3.91. The lowest BCUT2D eigenvalue weighted by Gasteiger charge is -2.03. The molecule has 0 bridgehead atoms. The molecule has 0 saturated heterocycles. The van der Waals surface area contributed by atoms with Crippen molar-refractivity contribution in [3.8, 4) is 0 Å². The standard InChI is InChI=1S/C4H8O2S2/c5-1-3-7-8-4-2-6/h1-4H2/q-2. The summed E-state index contributed by atoms with van der Waals surface area (Å²) < 4.78 is 0. The van der Waals surface area contributed by atoms with Gasteiger partial charge in [0.25, 0.3) is 0 Å². The fourth-order valence-corrected chi connectivity index (χ4v) is 1.67. The van der Waals surface area contributed by atoms with Gasteiger partial charge in [-0.25, -0.2) is 0 Å². The van der Waals surface area contributed by atoms with Crippen molar-refractivity contribution in [2.75, 3.05) is 24.7 Å². The maximum atomic E-state index is 9.78. The summed E-state index contributed by atoms with van der Waals surface area (Å²) in [6.07, 6.45) is 0. The highest BCUT2D eigenvalue weighted by molar-refractivity contribution is 8.76. The van der Waals surface area contributed by atoms with Crippen molar-refractivity contribution in [3.05, 3.63) is 0 Å². The molecule has 0 rings (SSSR count). The first kappa shape index (κ1) is 8.62. The fraction of sp³-hybridized carbons (Fsp3) is 1.00. The predicted octanol–water partition coefficient (Wildman–Crippen LogP) is -0.912. The van der Waals surface area contributed by atoms with E-state index in [2.05, 4.69) is 0 Å². The Morgan fingerprint density at radius 1 is 0.875 bits per heavy atom. The van der Waals surface area contributed by atoms with Crippen molar-refractivity contribution >= 4 is 21.6 Å². The largest absolute Gasteiger partial charge is 0.854 e. The zero-order valence-electron chi connectivity index (χ0n) is 4.46.